The Morgan fingerprint density at radius 2 is 1.92 bits per heavy atom. The average molecular weight is 506 g/mol. The molecule has 2 heterocycles. The van der Waals surface area contributed by atoms with E-state index in [2.05, 4.69) is 35.1 Å². The number of hydrogen-bond donors (Lipinski definition) is 2. The van der Waals surface area contributed by atoms with Crippen LogP contribution in [-0.2, 0) is 17.6 Å². The molecular formula is C28H35N5O4. The van der Waals surface area contributed by atoms with E-state index in [0.29, 0.717) is 19.5 Å². The molecule has 1 aromatic heterocycles. The zero-order valence-electron chi connectivity index (χ0n) is 21.7. The van der Waals surface area contributed by atoms with Crippen molar-refractivity contribution >= 4 is 28.4 Å². The molecule has 2 amide bonds. The number of aromatic amines is 1. The maximum absolute atomic E-state index is 13.7. The summed E-state index contributed by atoms with van der Waals surface area (Å²) in [6.45, 7) is 6.21. The molecule has 9 nitrogen and oxygen atoms in total. The summed E-state index contributed by atoms with van der Waals surface area (Å²) >= 11 is 0. The number of para-hydroxylation sites is 1. The molecule has 0 radical (unpaired) electrons. The number of aryl methyl sites for hydroxylation is 1. The van der Waals surface area contributed by atoms with Crippen molar-refractivity contribution in [2.24, 2.45) is 0 Å². The number of rotatable bonds is 9. The first-order chi connectivity index (χ1) is 17.8. The smallest absolute Gasteiger partial charge is 0.269 e. The number of hydrogen-bond acceptors (Lipinski definition) is 5. The van der Waals surface area contributed by atoms with Gasteiger partial charge in [-0.2, -0.15) is 0 Å². The van der Waals surface area contributed by atoms with Crippen LogP contribution in [0.15, 0.2) is 48.7 Å². The highest BCUT2D eigenvalue weighted by molar-refractivity contribution is 5.98. The number of carbonyl (C=O) groups is 2. The molecule has 37 heavy (non-hydrogen) atoms. The summed E-state index contributed by atoms with van der Waals surface area (Å²) in [5.41, 5.74) is 3.48. The summed E-state index contributed by atoms with van der Waals surface area (Å²) in [7, 11) is 2.04. The predicted octanol–water partition coefficient (Wildman–Crippen LogP) is 3.92. The molecule has 3 aromatic rings. The molecule has 2 atom stereocenters. The number of nitrogens with one attached hydrogen (secondary N) is 2. The molecule has 1 aliphatic rings. The fourth-order valence-corrected chi connectivity index (χ4v) is 4.88. The van der Waals surface area contributed by atoms with Gasteiger partial charge in [0, 0.05) is 66.9 Å². The number of benzene rings is 2. The summed E-state index contributed by atoms with van der Waals surface area (Å²) < 4.78 is 0. The Labute approximate surface area is 217 Å². The molecule has 2 aromatic carbocycles. The van der Waals surface area contributed by atoms with Gasteiger partial charge in [0.05, 0.1) is 4.92 Å². The third-order valence-corrected chi connectivity index (χ3v) is 7.33. The monoisotopic (exact) mass is 505 g/mol. The maximum Gasteiger partial charge on any atom is 0.269 e. The predicted molar refractivity (Wildman–Crippen MR) is 144 cm³/mol. The van der Waals surface area contributed by atoms with Crippen molar-refractivity contribution in [3.05, 3.63) is 75.5 Å². The van der Waals surface area contributed by atoms with E-state index in [4.69, 9.17) is 0 Å². The van der Waals surface area contributed by atoms with Crippen molar-refractivity contribution in [2.75, 3.05) is 26.7 Å². The van der Waals surface area contributed by atoms with Crippen LogP contribution in [0.25, 0.3) is 10.9 Å². The maximum atomic E-state index is 13.7. The third-order valence-electron chi connectivity index (χ3n) is 7.33. The third kappa shape index (κ3) is 5.99. The minimum atomic E-state index is -0.767. The number of H-pyrrole nitrogens is 1. The van der Waals surface area contributed by atoms with E-state index in [1.54, 1.807) is 0 Å². The van der Waals surface area contributed by atoms with Crippen LogP contribution in [-0.4, -0.2) is 70.3 Å². The van der Waals surface area contributed by atoms with Gasteiger partial charge in [-0.15, -0.1) is 0 Å². The Morgan fingerprint density at radius 3 is 2.59 bits per heavy atom. The number of piperazine rings is 1. The van der Waals surface area contributed by atoms with E-state index in [1.165, 1.54) is 29.8 Å². The summed E-state index contributed by atoms with van der Waals surface area (Å²) in [5.74, 6) is -0.550. The molecule has 9 heteroatoms. The van der Waals surface area contributed by atoms with Gasteiger partial charge in [-0.25, -0.2) is 0 Å². The first kappa shape index (κ1) is 26.3. The van der Waals surface area contributed by atoms with Crippen molar-refractivity contribution in [3.63, 3.8) is 0 Å². The number of carbonyl (C=O) groups excluding carboxylic acids is 2. The highest BCUT2D eigenvalue weighted by atomic mass is 16.6. The molecule has 1 fully saturated rings. The van der Waals surface area contributed by atoms with Gasteiger partial charge in [0.15, 0.2) is 0 Å². The molecule has 2 unspecified atom stereocenters. The topological polar surface area (TPSA) is 112 Å². The molecular weight excluding hydrogens is 470 g/mol. The Bertz CT molecular complexity index is 1270. The normalized spacial score (nSPS) is 17.1. The van der Waals surface area contributed by atoms with Crippen LogP contribution in [0, 0.1) is 10.1 Å². The van der Waals surface area contributed by atoms with E-state index in [1.807, 2.05) is 30.3 Å². The summed E-state index contributed by atoms with van der Waals surface area (Å²) in [4.78, 5) is 44.8. The number of non-ortho nitro benzene ring substituents is 1. The van der Waals surface area contributed by atoms with Crippen molar-refractivity contribution in [3.8, 4) is 0 Å². The molecule has 4 rings (SSSR count). The molecule has 2 N–H and O–H groups in total. The van der Waals surface area contributed by atoms with Crippen LogP contribution in [0.5, 0.6) is 0 Å². The second kappa shape index (κ2) is 11.6. The minimum Gasteiger partial charge on any atom is -0.361 e. The first-order valence-corrected chi connectivity index (χ1v) is 12.9. The number of unbranched alkanes of at least 4 members (excludes halogenated alkanes) is 1. The zero-order valence-corrected chi connectivity index (χ0v) is 21.7. The number of nitro benzene ring substituents is 1. The van der Waals surface area contributed by atoms with Crippen molar-refractivity contribution in [2.45, 2.75) is 51.6 Å². The van der Waals surface area contributed by atoms with Gasteiger partial charge in [-0.3, -0.25) is 19.7 Å². The second-order valence-corrected chi connectivity index (χ2v) is 9.91. The zero-order chi connectivity index (χ0) is 26.5. The molecule has 0 bridgehead atoms. The van der Waals surface area contributed by atoms with Crippen LogP contribution in [0.2, 0.25) is 0 Å². The largest absolute Gasteiger partial charge is 0.361 e. The lowest BCUT2D eigenvalue weighted by Gasteiger charge is -2.39. The summed E-state index contributed by atoms with van der Waals surface area (Å²) in [5, 5.41) is 15.0. The molecule has 1 saturated heterocycles. The van der Waals surface area contributed by atoms with E-state index in [0.717, 1.165) is 42.3 Å². The van der Waals surface area contributed by atoms with Crippen molar-refractivity contribution < 1.29 is 14.5 Å². The highest BCUT2D eigenvalue weighted by Gasteiger charge is 2.31. The summed E-state index contributed by atoms with van der Waals surface area (Å²) in [6, 6.07) is 11.1. The lowest BCUT2D eigenvalue weighted by atomic mass is 9.99. The Hall–Kier alpha value is -3.72. The van der Waals surface area contributed by atoms with Crippen LogP contribution in [0.3, 0.4) is 0 Å². The van der Waals surface area contributed by atoms with Crippen LogP contribution < -0.4 is 5.32 Å². The minimum absolute atomic E-state index is 0.0896. The molecule has 1 aliphatic heterocycles. The number of amides is 2. The van der Waals surface area contributed by atoms with Gasteiger partial charge in [0.1, 0.15) is 6.04 Å². The number of nitro groups is 1. The first-order valence-electron chi connectivity index (χ1n) is 12.9. The molecule has 0 saturated carbocycles. The fourth-order valence-electron chi connectivity index (χ4n) is 4.88. The second-order valence-electron chi connectivity index (χ2n) is 9.91. The number of nitrogens with zero attached hydrogens (tertiary/aromatic N) is 3. The number of aromatic nitrogens is 1. The molecule has 196 valence electrons. The molecule has 0 spiro atoms. The Morgan fingerprint density at radius 1 is 1.16 bits per heavy atom. The van der Waals surface area contributed by atoms with Gasteiger partial charge in [0.2, 0.25) is 5.91 Å². The van der Waals surface area contributed by atoms with E-state index in [9.17, 15) is 19.7 Å². The lowest BCUT2D eigenvalue weighted by molar-refractivity contribution is -0.384. The SMILES string of the molecule is CCCCc1cccc2c(CC(NC(=O)c3ccc([N+](=O)[O-])cc3)C(=O)N3CCN(C)C(C)C3)c[nH]c12. The Balaban J connectivity index is 1.60. The number of likely N-dealkylation sites (N-methyl/N-ethyl adjacent to an activating group) is 1. The van der Waals surface area contributed by atoms with E-state index < -0.39 is 16.9 Å². The van der Waals surface area contributed by atoms with E-state index >= 15 is 0 Å². The quantitative estimate of drug-likeness (QED) is 0.338. The van der Waals surface area contributed by atoms with Gasteiger partial charge < -0.3 is 20.1 Å². The van der Waals surface area contributed by atoms with Crippen molar-refractivity contribution in [1.29, 1.82) is 0 Å². The fraction of sp³-hybridized carbons (Fsp3) is 0.429. The Kier molecular flexibility index (Phi) is 8.23. The van der Waals surface area contributed by atoms with Gasteiger partial charge in [-0.05, 0) is 50.1 Å². The highest BCUT2D eigenvalue weighted by Crippen LogP contribution is 2.25. The van der Waals surface area contributed by atoms with Crippen LogP contribution in [0.1, 0.15) is 48.2 Å². The van der Waals surface area contributed by atoms with Crippen LogP contribution >= 0.6 is 0 Å². The standard InChI is InChI=1S/C28H35N5O4/c1-4-5-7-20-8-6-9-24-22(17-29-26(20)24)16-25(28(35)32-15-14-31(3)19(2)18-32)30-27(34)21-10-12-23(13-11-21)33(36)37/h6,8-13,17,19,25,29H,4-5,7,14-16,18H2,1-3H3,(H,30,34). The number of fused-ring (bicyclic) bond motifs is 1. The van der Waals surface area contributed by atoms with Gasteiger partial charge in [0.25, 0.3) is 11.6 Å². The van der Waals surface area contributed by atoms with E-state index in [-0.39, 0.29) is 23.2 Å². The van der Waals surface area contributed by atoms with Crippen molar-refractivity contribution in [1.82, 2.24) is 20.1 Å². The average Bonchev–Trinajstić information content (AvgIpc) is 3.31. The van der Waals surface area contributed by atoms with Gasteiger partial charge in [-0.1, -0.05) is 31.5 Å². The van der Waals surface area contributed by atoms with Crippen LogP contribution in [0.4, 0.5) is 5.69 Å². The summed E-state index contributed by atoms with van der Waals surface area (Å²) in [6.07, 6.45) is 5.47. The molecule has 0 aliphatic carbocycles. The van der Waals surface area contributed by atoms with Gasteiger partial charge >= 0.3 is 0 Å². The lowest BCUT2D eigenvalue weighted by Crippen LogP contribution is -2.57.